The van der Waals surface area contributed by atoms with E-state index in [1.165, 1.54) is 43.2 Å². The molecule has 1 aliphatic heterocycles. The minimum Gasteiger partial charge on any atom is -0.347 e. The van der Waals surface area contributed by atoms with Gasteiger partial charge in [-0.3, -0.25) is 4.79 Å². The van der Waals surface area contributed by atoms with Gasteiger partial charge < -0.3 is 4.90 Å². The minimum atomic E-state index is -0.453. The number of thiazole rings is 1. The van der Waals surface area contributed by atoms with E-state index in [4.69, 9.17) is 15.0 Å². The largest absolute Gasteiger partial charge is 0.347 e. The number of fused-ring (bicyclic) bond motifs is 1. The summed E-state index contributed by atoms with van der Waals surface area (Å²) >= 11 is 1.59. The Labute approximate surface area is 279 Å². The van der Waals surface area contributed by atoms with Crippen LogP contribution >= 0.6 is 11.3 Å². The standard InChI is InChI=1S/C37H51N7OS/c1-8-12-17-27(10-3)23-43(24-28(11-4)18-13-9-2)37-41-33(29-19-15-14-16-20-29)35(46-37)40-32-26(7)30(22-38)36(45)44-34(32)39-31(42-44)21-25(5)6/h14-16,19-20,25,27-28H,8-13,17-18,21,23-24H2,1-7H3. The van der Waals surface area contributed by atoms with Crippen LogP contribution in [0.1, 0.15) is 116 Å². The second-order valence-corrected chi connectivity index (χ2v) is 13.9. The molecule has 2 atom stereocenters. The average molecular weight is 642 g/mol. The first-order chi connectivity index (χ1) is 22.2. The highest BCUT2D eigenvalue weighted by Gasteiger charge is 2.33. The van der Waals surface area contributed by atoms with Gasteiger partial charge in [0.05, 0.1) is 0 Å². The molecule has 2 aromatic heterocycles. The second-order valence-electron chi connectivity index (χ2n) is 13.0. The van der Waals surface area contributed by atoms with Crippen molar-refractivity contribution >= 4 is 33.1 Å². The molecule has 8 nitrogen and oxygen atoms in total. The maximum absolute atomic E-state index is 13.3. The van der Waals surface area contributed by atoms with Gasteiger partial charge in [-0.25, -0.2) is 15.0 Å². The number of aliphatic imine (C=N–C) groups is 1. The predicted octanol–water partition coefficient (Wildman–Crippen LogP) is 9.45. The summed E-state index contributed by atoms with van der Waals surface area (Å²) in [7, 11) is 0. The zero-order chi connectivity index (χ0) is 33.2. The van der Waals surface area contributed by atoms with Gasteiger partial charge in [0.2, 0.25) is 0 Å². The highest BCUT2D eigenvalue weighted by molar-refractivity contribution is 7.19. The van der Waals surface area contributed by atoms with Crippen LogP contribution in [0.15, 0.2) is 46.5 Å². The number of carbonyl (C=O) groups excluding carboxylic acids is 1. The molecule has 0 bridgehead atoms. The van der Waals surface area contributed by atoms with Crippen molar-refractivity contribution < 1.29 is 4.79 Å². The average Bonchev–Trinajstić information content (AvgIpc) is 3.67. The van der Waals surface area contributed by atoms with Gasteiger partial charge in [0, 0.05) is 30.6 Å². The van der Waals surface area contributed by atoms with E-state index >= 15 is 0 Å². The van der Waals surface area contributed by atoms with Crippen molar-refractivity contribution in [3.8, 4) is 17.3 Å². The number of nitrogens with zero attached hydrogens (tertiary/aromatic N) is 7. The molecule has 0 amide bonds. The smallest absolute Gasteiger partial charge is 0.291 e. The van der Waals surface area contributed by atoms with E-state index in [1.54, 1.807) is 18.3 Å². The number of allylic oxidation sites excluding steroid dienone is 2. The topological polar surface area (TPSA) is 100 Å². The van der Waals surface area contributed by atoms with E-state index in [-0.39, 0.29) is 5.57 Å². The molecule has 0 saturated carbocycles. The molecule has 0 radical (unpaired) electrons. The molecule has 246 valence electrons. The molecule has 0 saturated heterocycles. The Kier molecular flexibility index (Phi) is 12.8. The summed E-state index contributed by atoms with van der Waals surface area (Å²) in [5.74, 6) is 2.01. The Bertz CT molecular complexity index is 1540. The summed E-state index contributed by atoms with van der Waals surface area (Å²) in [6.07, 6.45) is 10.2. The molecular weight excluding hydrogens is 591 g/mol. The normalized spacial score (nSPS) is 15.4. The Morgan fingerprint density at radius 2 is 1.61 bits per heavy atom. The number of hydrogen-bond donors (Lipinski definition) is 0. The van der Waals surface area contributed by atoms with Crippen LogP contribution < -0.4 is 4.90 Å². The maximum Gasteiger partial charge on any atom is 0.291 e. The van der Waals surface area contributed by atoms with Crippen LogP contribution in [0.4, 0.5) is 10.1 Å². The lowest BCUT2D eigenvalue weighted by atomic mass is 9.96. The summed E-state index contributed by atoms with van der Waals surface area (Å²) in [5.41, 5.74) is 2.85. The Hall–Kier alpha value is -3.64. The van der Waals surface area contributed by atoms with Crippen molar-refractivity contribution in [2.45, 2.75) is 106 Å². The summed E-state index contributed by atoms with van der Waals surface area (Å²) < 4.78 is 1.26. The number of nitriles is 1. The molecule has 3 heterocycles. The van der Waals surface area contributed by atoms with Gasteiger partial charge in [-0.1, -0.05) is 122 Å². The molecule has 0 N–H and O–H groups in total. The zero-order valence-corrected chi connectivity index (χ0v) is 29.7. The summed E-state index contributed by atoms with van der Waals surface area (Å²) in [4.78, 5) is 31.1. The maximum atomic E-state index is 13.3. The first kappa shape index (κ1) is 35.2. The fraction of sp³-hybridized carbons (Fsp3) is 0.568. The van der Waals surface area contributed by atoms with Gasteiger partial charge >= 0.3 is 0 Å². The van der Waals surface area contributed by atoms with E-state index in [0.29, 0.717) is 47.1 Å². The predicted molar refractivity (Wildman–Crippen MR) is 190 cm³/mol. The first-order valence-corrected chi connectivity index (χ1v) is 18.1. The third-order valence-electron chi connectivity index (χ3n) is 8.87. The molecule has 0 aliphatic carbocycles. The van der Waals surface area contributed by atoms with Gasteiger partial charge in [-0.15, -0.1) is 5.10 Å². The van der Waals surface area contributed by atoms with Crippen LogP contribution in [0.5, 0.6) is 0 Å². The number of carbonyl (C=O) groups is 1. The monoisotopic (exact) mass is 641 g/mol. The van der Waals surface area contributed by atoms with E-state index in [2.05, 4.69) is 69.7 Å². The number of benzene rings is 1. The van der Waals surface area contributed by atoms with Gasteiger partial charge in [-0.05, 0) is 37.5 Å². The molecule has 1 aliphatic rings. The molecule has 3 aromatic rings. The van der Waals surface area contributed by atoms with Gasteiger partial charge in [0.25, 0.3) is 5.91 Å². The van der Waals surface area contributed by atoms with Crippen LogP contribution in [0.25, 0.3) is 11.3 Å². The Balaban J connectivity index is 1.88. The van der Waals surface area contributed by atoms with Crippen LogP contribution in [-0.4, -0.2) is 44.5 Å². The fourth-order valence-electron chi connectivity index (χ4n) is 6.01. The van der Waals surface area contributed by atoms with E-state index in [0.717, 1.165) is 47.3 Å². The van der Waals surface area contributed by atoms with Crippen molar-refractivity contribution in [2.24, 2.45) is 22.7 Å². The molecule has 0 spiro atoms. The fourth-order valence-corrected chi connectivity index (χ4v) is 6.99. The molecule has 2 unspecified atom stereocenters. The van der Waals surface area contributed by atoms with Gasteiger partial charge in [0.15, 0.2) is 16.8 Å². The molecule has 0 fully saturated rings. The third-order valence-corrected chi connectivity index (χ3v) is 9.88. The zero-order valence-electron chi connectivity index (χ0n) is 28.8. The molecule has 4 rings (SSSR count). The minimum absolute atomic E-state index is 0.0447. The Morgan fingerprint density at radius 3 is 2.15 bits per heavy atom. The van der Waals surface area contributed by atoms with Gasteiger partial charge in [-0.2, -0.15) is 9.94 Å². The van der Waals surface area contributed by atoms with E-state index < -0.39 is 5.91 Å². The lowest BCUT2D eigenvalue weighted by Gasteiger charge is -2.30. The second kappa shape index (κ2) is 16.8. The van der Waals surface area contributed by atoms with Crippen LogP contribution in [-0.2, 0) is 6.42 Å². The Morgan fingerprint density at radius 1 is 0.978 bits per heavy atom. The van der Waals surface area contributed by atoms with Crippen molar-refractivity contribution in [3.05, 3.63) is 53.1 Å². The number of hydrogen-bond acceptors (Lipinski definition) is 8. The molecule has 46 heavy (non-hydrogen) atoms. The van der Waals surface area contributed by atoms with E-state index in [1.807, 2.05) is 18.2 Å². The third kappa shape index (κ3) is 8.38. The quantitative estimate of drug-likeness (QED) is 0.146. The number of anilines is 1. The van der Waals surface area contributed by atoms with E-state index in [9.17, 15) is 10.1 Å². The summed E-state index contributed by atoms with van der Waals surface area (Å²) in [5, 5.41) is 16.2. The van der Waals surface area contributed by atoms with Crippen molar-refractivity contribution in [2.75, 3.05) is 18.0 Å². The van der Waals surface area contributed by atoms with Crippen molar-refractivity contribution in [1.29, 1.82) is 5.26 Å². The molecule has 9 heteroatoms. The van der Waals surface area contributed by atoms with Crippen LogP contribution in [0, 0.1) is 29.1 Å². The van der Waals surface area contributed by atoms with Crippen molar-refractivity contribution in [1.82, 2.24) is 19.7 Å². The molecule has 1 aromatic carbocycles. The summed E-state index contributed by atoms with van der Waals surface area (Å²) in [6.45, 7) is 17.0. The van der Waals surface area contributed by atoms with Crippen molar-refractivity contribution in [3.63, 3.8) is 0 Å². The van der Waals surface area contributed by atoms with Crippen LogP contribution in [0.2, 0.25) is 0 Å². The lowest BCUT2D eigenvalue weighted by molar-refractivity contribution is 0.0941. The highest BCUT2D eigenvalue weighted by atomic mass is 32.1. The van der Waals surface area contributed by atoms with Crippen LogP contribution in [0.3, 0.4) is 0 Å². The number of rotatable bonds is 17. The SMILES string of the molecule is CCCCC(CC)CN(CC(CC)CCCC)c1nc(-c2ccccc2)c(N=C2C(C)=C(C#N)C(=O)n3nc(CC(C)C)nc32)s1. The lowest BCUT2D eigenvalue weighted by Crippen LogP contribution is -2.34. The number of unbranched alkanes of at least 4 members (excludes halogenated alkanes) is 2. The highest BCUT2D eigenvalue weighted by Crippen LogP contribution is 2.42. The van der Waals surface area contributed by atoms with Gasteiger partial charge in [0.1, 0.15) is 28.0 Å². The molecular formula is C37H51N7OS. The first-order valence-electron chi connectivity index (χ1n) is 17.3. The summed E-state index contributed by atoms with van der Waals surface area (Å²) in [6, 6.07) is 12.3. The number of aromatic nitrogens is 4.